The quantitative estimate of drug-likeness (QED) is 0.750. The zero-order chi connectivity index (χ0) is 12.7. The summed E-state index contributed by atoms with van der Waals surface area (Å²) in [6.07, 6.45) is 1.45. The first-order chi connectivity index (χ1) is 7.84. The van der Waals surface area contributed by atoms with Crippen molar-refractivity contribution in [3.05, 3.63) is 0 Å². The molecule has 2 aliphatic heterocycles. The van der Waals surface area contributed by atoms with Crippen LogP contribution < -0.4 is 0 Å². The summed E-state index contributed by atoms with van der Waals surface area (Å²) in [4.78, 5) is 13.4. The van der Waals surface area contributed by atoms with Crippen LogP contribution >= 0.6 is 0 Å². The van der Waals surface area contributed by atoms with E-state index in [-0.39, 0.29) is 24.4 Å². The fourth-order valence-corrected chi connectivity index (χ4v) is 2.36. The fraction of sp³-hybridized carbons (Fsp3) is 0.917. The van der Waals surface area contributed by atoms with E-state index >= 15 is 0 Å². The van der Waals surface area contributed by atoms with Gasteiger partial charge in [-0.05, 0) is 33.6 Å². The molecule has 2 rings (SSSR count). The molecule has 0 aliphatic carbocycles. The zero-order valence-corrected chi connectivity index (χ0v) is 10.7. The number of rotatable bonds is 1. The van der Waals surface area contributed by atoms with Gasteiger partial charge in [-0.3, -0.25) is 0 Å². The van der Waals surface area contributed by atoms with E-state index < -0.39 is 5.60 Å². The molecular weight excluding hydrogens is 222 g/mol. The van der Waals surface area contributed by atoms with Crippen molar-refractivity contribution in [2.75, 3.05) is 19.7 Å². The Morgan fingerprint density at radius 2 is 2.18 bits per heavy atom. The third-order valence-corrected chi connectivity index (χ3v) is 3.15. The SMILES string of the molecule is CC(C)(C)OC(=O)N1CC2(CC[C@H](CO)O2)C1. The molecule has 0 aromatic heterocycles. The Hall–Kier alpha value is -0.810. The van der Waals surface area contributed by atoms with Crippen LogP contribution in [0.5, 0.6) is 0 Å². The van der Waals surface area contributed by atoms with Crippen molar-refractivity contribution in [2.24, 2.45) is 0 Å². The zero-order valence-electron chi connectivity index (χ0n) is 10.7. The van der Waals surface area contributed by atoms with Gasteiger partial charge in [-0.15, -0.1) is 0 Å². The van der Waals surface area contributed by atoms with Gasteiger partial charge in [0, 0.05) is 0 Å². The molecule has 5 nitrogen and oxygen atoms in total. The predicted octanol–water partition coefficient (Wildman–Crippen LogP) is 1.15. The van der Waals surface area contributed by atoms with E-state index in [2.05, 4.69) is 0 Å². The van der Waals surface area contributed by atoms with E-state index in [1.165, 1.54) is 0 Å². The molecule has 0 radical (unpaired) electrons. The predicted molar refractivity (Wildman–Crippen MR) is 61.7 cm³/mol. The highest BCUT2D eigenvalue weighted by Crippen LogP contribution is 2.38. The summed E-state index contributed by atoms with van der Waals surface area (Å²) in [6, 6.07) is 0. The van der Waals surface area contributed by atoms with E-state index in [0.717, 1.165) is 12.8 Å². The summed E-state index contributed by atoms with van der Waals surface area (Å²) in [5.74, 6) is 0. The summed E-state index contributed by atoms with van der Waals surface area (Å²) in [5, 5.41) is 9.02. The molecule has 5 heteroatoms. The van der Waals surface area contributed by atoms with Crippen LogP contribution in [0.15, 0.2) is 0 Å². The molecule has 98 valence electrons. The molecular formula is C12H21NO4. The van der Waals surface area contributed by atoms with Crippen molar-refractivity contribution in [3.8, 4) is 0 Å². The van der Waals surface area contributed by atoms with Gasteiger partial charge >= 0.3 is 6.09 Å². The minimum absolute atomic E-state index is 0.0595. The highest BCUT2D eigenvalue weighted by molar-refractivity contribution is 5.69. The Morgan fingerprint density at radius 3 is 2.65 bits per heavy atom. The second kappa shape index (κ2) is 4.14. The number of aliphatic hydroxyl groups excluding tert-OH is 1. The first-order valence-corrected chi connectivity index (χ1v) is 6.10. The van der Waals surface area contributed by atoms with Crippen molar-refractivity contribution in [3.63, 3.8) is 0 Å². The lowest BCUT2D eigenvalue weighted by Gasteiger charge is -2.47. The lowest BCUT2D eigenvalue weighted by Crippen LogP contribution is -2.64. The third kappa shape index (κ3) is 2.72. The summed E-state index contributed by atoms with van der Waals surface area (Å²) < 4.78 is 11.0. The van der Waals surface area contributed by atoms with E-state index in [1.54, 1.807) is 4.90 Å². The summed E-state index contributed by atoms with van der Waals surface area (Å²) in [7, 11) is 0. The first-order valence-electron chi connectivity index (χ1n) is 6.10. The minimum Gasteiger partial charge on any atom is -0.444 e. The Labute approximate surface area is 102 Å². The average Bonchev–Trinajstić information content (AvgIpc) is 2.56. The molecule has 2 fully saturated rings. The van der Waals surface area contributed by atoms with Crippen LogP contribution in [-0.4, -0.2) is 53.1 Å². The van der Waals surface area contributed by atoms with E-state index in [1.807, 2.05) is 20.8 Å². The van der Waals surface area contributed by atoms with Gasteiger partial charge in [0.1, 0.15) is 11.2 Å². The normalized spacial score (nSPS) is 27.1. The second-order valence-corrected chi connectivity index (χ2v) is 5.98. The number of aliphatic hydroxyl groups is 1. The van der Waals surface area contributed by atoms with Crippen LogP contribution in [0.2, 0.25) is 0 Å². The Kier molecular flexibility index (Phi) is 3.08. The Bertz CT molecular complexity index is 304. The molecule has 2 aliphatic rings. The molecule has 1 spiro atoms. The fourth-order valence-electron chi connectivity index (χ4n) is 2.36. The van der Waals surface area contributed by atoms with Crippen molar-refractivity contribution in [1.82, 2.24) is 4.90 Å². The number of carbonyl (C=O) groups excluding carboxylic acids is 1. The van der Waals surface area contributed by atoms with Crippen molar-refractivity contribution in [1.29, 1.82) is 0 Å². The van der Waals surface area contributed by atoms with Crippen LogP contribution in [0, 0.1) is 0 Å². The summed E-state index contributed by atoms with van der Waals surface area (Å²) in [5.41, 5.74) is -0.672. The van der Waals surface area contributed by atoms with Crippen molar-refractivity contribution >= 4 is 6.09 Å². The average molecular weight is 243 g/mol. The maximum Gasteiger partial charge on any atom is 0.410 e. The number of likely N-dealkylation sites (tertiary alicyclic amines) is 1. The van der Waals surface area contributed by atoms with Gasteiger partial charge in [0.05, 0.1) is 25.8 Å². The van der Waals surface area contributed by atoms with Gasteiger partial charge < -0.3 is 19.5 Å². The second-order valence-electron chi connectivity index (χ2n) is 5.98. The minimum atomic E-state index is -0.454. The molecule has 1 amide bonds. The summed E-state index contributed by atoms with van der Waals surface area (Å²) >= 11 is 0. The monoisotopic (exact) mass is 243 g/mol. The smallest absolute Gasteiger partial charge is 0.410 e. The van der Waals surface area contributed by atoms with Gasteiger partial charge in [-0.2, -0.15) is 0 Å². The maximum atomic E-state index is 11.7. The first kappa shape index (κ1) is 12.6. The Balaban J connectivity index is 1.81. The third-order valence-electron chi connectivity index (χ3n) is 3.15. The topological polar surface area (TPSA) is 59.0 Å². The molecule has 2 saturated heterocycles. The number of hydrogen-bond acceptors (Lipinski definition) is 4. The van der Waals surface area contributed by atoms with Crippen LogP contribution in [0.3, 0.4) is 0 Å². The van der Waals surface area contributed by atoms with E-state index in [4.69, 9.17) is 14.6 Å². The van der Waals surface area contributed by atoms with Gasteiger partial charge in [0.15, 0.2) is 0 Å². The largest absolute Gasteiger partial charge is 0.444 e. The van der Waals surface area contributed by atoms with Crippen LogP contribution in [0.1, 0.15) is 33.6 Å². The van der Waals surface area contributed by atoms with Crippen LogP contribution in [0.4, 0.5) is 4.79 Å². The molecule has 1 atom stereocenters. The number of nitrogens with zero attached hydrogens (tertiary/aromatic N) is 1. The number of hydrogen-bond donors (Lipinski definition) is 1. The van der Waals surface area contributed by atoms with E-state index in [9.17, 15) is 4.79 Å². The molecule has 17 heavy (non-hydrogen) atoms. The molecule has 2 heterocycles. The summed E-state index contributed by atoms with van der Waals surface area (Å²) in [6.45, 7) is 6.79. The lowest BCUT2D eigenvalue weighted by molar-refractivity contribution is -0.138. The van der Waals surface area contributed by atoms with Crippen molar-refractivity contribution in [2.45, 2.75) is 50.9 Å². The number of ether oxygens (including phenoxy) is 2. The Morgan fingerprint density at radius 1 is 1.53 bits per heavy atom. The maximum absolute atomic E-state index is 11.7. The van der Waals surface area contributed by atoms with Gasteiger partial charge in [-0.25, -0.2) is 4.79 Å². The molecule has 0 saturated carbocycles. The van der Waals surface area contributed by atoms with Gasteiger partial charge in [0.25, 0.3) is 0 Å². The number of amides is 1. The van der Waals surface area contributed by atoms with Crippen LogP contribution in [-0.2, 0) is 9.47 Å². The molecule has 0 bridgehead atoms. The van der Waals surface area contributed by atoms with Gasteiger partial charge in [0.2, 0.25) is 0 Å². The number of carbonyl (C=O) groups is 1. The molecule has 1 N–H and O–H groups in total. The van der Waals surface area contributed by atoms with Crippen molar-refractivity contribution < 1.29 is 19.4 Å². The molecule has 0 aromatic carbocycles. The molecule has 0 aromatic rings. The highest BCUT2D eigenvalue weighted by Gasteiger charge is 2.51. The standard InChI is InChI=1S/C12H21NO4/c1-11(2,3)17-10(15)13-7-12(8-13)5-4-9(6-14)16-12/h9,14H,4-8H2,1-3H3/t9-/m1/s1. The van der Waals surface area contributed by atoms with Crippen LogP contribution in [0.25, 0.3) is 0 Å². The lowest BCUT2D eigenvalue weighted by atomic mass is 9.91. The van der Waals surface area contributed by atoms with E-state index in [0.29, 0.717) is 13.1 Å². The molecule has 0 unspecified atom stereocenters. The highest BCUT2D eigenvalue weighted by atomic mass is 16.6. The van der Waals surface area contributed by atoms with Gasteiger partial charge in [-0.1, -0.05) is 0 Å².